The van der Waals surface area contributed by atoms with E-state index < -0.39 is 11.4 Å². The average Bonchev–Trinajstić information content (AvgIpc) is 3.33. The van der Waals surface area contributed by atoms with Gasteiger partial charge >= 0.3 is 6.09 Å². The molecule has 1 spiro atoms. The number of nitrogens with zero attached hydrogens (tertiary/aromatic N) is 4. The molecule has 0 radical (unpaired) electrons. The van der Waals surface area contributed by atoms with Gasteiger partial charge in [-0.25, -0.2) is 14.8 Å². The molecule has 8 nitrogen and oxygen atoms in total. The zero-order chi connectivity index (χ0) is 25.0. The normalized spacial score (nSPS) is 30.3. The highest BCUT2D eigenvalue weighted by Crippen LogP contribution is 2.60. The fraction of sp³-hybridized carbons (Fsp3) is 0.462. The molecule has 4 unspecified atom stereocenters. The smallest absolute Gasteiger partial charge is 0.410 e. The molecule has 4 atom stereocenters. The number of carbonyl (C=O) groups is 1. The Labute approximate surface area is 203 Å². The number of allylic oxidation sites excluding steroid dienone is 5. The zero-order valence-electron chi connectivity index (χ0n) is 20.0. The lowest BCUT2D eigenvalue weighted by Crippen LogP contribution is -2.61. The van der Waals surface area contributed by atoms with Crippen LogP contribution < -0.4 is 4.74 Å². The molecular weight excluding hydrogens is 451 g/mol. The highest BCUT2D eigenvalue weighted by molar-refractivity contribution is 6.12. The third-order valence-corrected chi connectivity index (χ3v) is 7.03. The van der Waals surface area contributed by atoms with Crippen molar-refractivity contribution in [1.29, 1.82) is 5.26 Å². The van der Waals surface area contributed by atoms with E-state index in [1.165, 1.54) is 12.3 Å². The summed E-state index contributed by atoms with van der Waals surface area (Å²) in [6.45, 7) is 11.4. The maximum absolute atomic E-state index is 15.4. The van der Waals surface area contributed by atoms with Crippen molar-refractivity contribution < 1.29 is 23.4 Å². The van der Waals surface area contributed by atoms with E-state index in [-0.39, 0.29) is 41.0 Å². The first kappa shape index (κ1) is 23.2. The van der Waals surface area contributed by atoms with Crippen LogP contribution in [-0.4, -0.2) is 59.7 Å². The number of nitriles is 1. The second kappa shape index (κ2) is 8.31. The Kier molecular flexibility index (Phi) is 5.52. The number of ether oxygens (including phenoxy) is 3. The Morgan fingerprint density at radius 2 is 2.20 bits per heavy atom. The maximum atomic E-state index is 15.4. The molecule has 1 saturated carbocycles. The minimum atomic E-state index is -0.672. The molecule has 9 heteroatoms. The molecule has 0 bridgehead atoms. The highest BCUT2D eigenvalue weighted by Gasteiger charge is 2.70. The summed E-state index contributed by atoms with van der Waals surface area (Å²) >= 11 is 0. The van der Waals surface area contributed by atoms with Crippen LogP contribution in [-0.2, 0) is 9.47 Å². The van der Waals surface area contributed by atoms with E-state index >= 15 is 4.39 Å². The van der Waals surface area contributed by atoms with Crippen molar-refractivity contribution in [2.75, 3.05) is 26.3 Å². The van der Waals surface area contributed by atoms with Gasteiger partial charge in [0.05, 0.1) is 30.6 Å². The number of aromatic nitrogens is 1. The highest BCUT2D eigenvalue weighted by atomic mass is 19.1. The van der Waals surface area contributed by atoms with E-state index in [0.29, 0.717) is 43.2 Å². The van der Waals surface area contributed by atoms with Gasteiger partial charge in [-0.15, -0.1) is 0 Å². The monoisotopic (exact) mass is 478 g/mol. The van der Waals surface area contributed by atoms with Gasteiger partial charge in [0.2, 0.25) is 5.82 Å². The van der Waals surface area contributed by atoms with Gasteiger partial charge in [-0.3, -0.25) is 0 Å². The number of aliphatic imine (C=N–C) groups is 1. The number of amides is 1. The largest absolute Gasteiger partial charge is 0.471 e. The lowest BCUT2D eigenvalue weighted by molar-refractivity contribution is -0.103. The van der Waals surface area contributed by atoms with E-state index in [2.05, 4.69) is 16.6 Å². The third kappa shape index (κ3) is 4.02. The average molecular weight is 479 g/mol. The molecule has 182 valence electrons. The van der Waals surface area contributed by atoms with Gasteiger partial charge in [0.25, 0.3) is 5.88 Å². The van der Waals surface area contributed by atoms with Gasteiger partial charge in [-0.1, -0.05) is 6.58 Å². The predicted molar refractivity (Wildman–Crippen MR) is 126 cm³/mol. The summed E-state index contributed by atoms with van der Waals surface area (Å²) in [5.74, 6) is -0.776. The van der Waals surface area contributed by atoms with Gasteiger partial charge in [-0.05, 0) is 50.6 Å². The summed E-state index contributed by atoms with van der Waals surface area (Å²) in [4.78, 5) is 22.9. The number of carbonyl (C=O) groups excluding carboxylic acids is 1. The fourth-order valence-corrected chi connectivity index (χ4v) is 5.40. The summed E-state index contributed by atoms with van der Waals surface area (Å²) in [5, 5.41) is 9.03. The Morgan fingerprint density at radius 3 is 2.91 bits per heavy atom. The van der Waals surface area contributed by atoms with Crippen LogP contribution in [0.5, 0.6) is 5.88 Å². The first-order valence-electron chi connectivity index (χ1n) is 11.6. The van der Waals surface area contributed by atoms with Crippen molar-refractivity contribution in [3.8, 4) is 11.9 Å². The van der Waals surface area contributed by atoms with E-state index in [1.54, 1.807) is 23.1 Å². The molecule has 2 aliphatic heterocycles. The predicted octanol–water partition coefficient (Wildman–Crippen LogP) is 4.13. The minimum absolute atomic E-state index is 0.00529. The SMILES string of the molecule is C=C1C=C(C#N)C=CC1=Nc1ccnc(OC2C3COCC34CN(C(=O)OC(C)(C)C)CC24)c1F. The Hall–Kier alpha value is -3.51. The van der Waals surface area contributed by atoms with Crippen molar-refractivity contribution >= 4 is 17.5 Å². The Bertz CT molecular complexity index is 1220. The molecule has 2 aliphatic carbocycles. The molecule has 35 heavy (non-hydrogen) atoms. The Morgan fingerprint density at radius 1 is 1.40 bits per heavy atom. The van der Waals surface area contributed by atoms with Crippen LogP contribution in [0.4, 0.5) is 14.9 Å². The Balaban J connectivity index is 1.35. The number of likely N-dealkylation sites (tertiary alicyclic amines) is 1. The summed E-state index contributed by atoms with van der Waals surface area (Å²) in [6.07, 6.45) is 5.58. The molecule has 0 aromatic carbocycles. The van der Waals surface area contributed by atoms with Crippen LogP contribution in [0, 0.1) is 34.4 Å². The van der Waals surface area contributed by atoms with E-state index in [4.69, 9.17) is 19.5 Å². The standard InChI is InChI=1S/C26H27FN4O4/c1-15-9-16(10-28)5-6-19(15)30-20-7-8-29-23(21(20)27)34-22-17-11-31(24(32)35-25(2,3)4)13-26(17)14-33-12-18(22)26/h5-9,17-18,22H,1,11-14H2,2-4H3. The van der Waals surface area contributed by atoms with Crippen LogP contribution in [0.1, 0.15) is 20.8 Å². The van der Waals surface area contributed by atoms with Crippen molar-refractivity contribution in [2.24, 2.45) is 22.2 Å². The molecule has 2 saturated heterocycles. The molecule has 0 N–H and O–H groups in total. The van der Waals surface area contributed by atoms with Gasteiger partial charge in [0.1, 0.15) is 17.4 Å². The van der Waals surface area contributed by atoms with Crippen molar-refractivity contribution in [2.45, 2.75) is 32.5 Å². The maximum Gasteiger partial charge on any atom is 0.410 e. The van der Waals surface area contributed by atoms with Crippen molar-refractivity contribution in [3.63, 3.8) is 0 Å². The summed E-state index contributed by atoms with van der Waals surface area (Å²) in [5.41, 5.74) is 0.707. The molecular formula is C26H27FN4O4. The molecule has 1 amide bonds. The number of hydrogen-bond acceptors (Lipinski definition) is 7. The molecule has 4 aliphatic rings. The minimum Gasteiger partial charge on any atom is -0.471 e. The lowest BCUT2D eigenvalue weighted by Gasteiger charge is -2.51. The second-order valence-corrected chi connectivity index (χ2v) is 10.4. The van der Waals surface area contributed by atoms with Gasteiger partial charge in [-0.2, -0.15) is 9.65 Å². The topological polar surface area (TPSA) is 97.0 Å². The molecule has 5 rings (SSSR count). The summed E-state index contributed by atoms with van der Waals surface area (Å²) in [7, 11) is 0. The number of hydrogen-bond donors (Lipinski definition) is 0. The molecule has 1 aromatic heterocycles. The van der Waals surface area contributed by atoms with E-state index in [9.17, 15) is 4.79 Å². The summed E-state index contributed by atoms with van der Waals surface area (Å²) < 4.78 is 32.8. The van der Waals surface area contributed by atoms with E-state index in [0.717, 1.165) is 0 Å². The van der Waals surface area contributed by atoms with Crippen LogP contribution in [0.25, 0.3) is 0 Å². The first-order valence-corrected chi connectivity index (χ1v) is 11.6. The second-order valence-electron chi connectivity index (χ2n) is 10.4. The zero-order valence-corrected chi connectivity index (χ0v) is 20.0. The first-order chi connectivity index (χ1) is 16.6. The summed E-state index contributed by atoms with van der Waals surface area (Å²) in [6, 6.07) is 3.50. The quantitative estimate of drug-likeness (QED) is 0.648. The molecule has 1 aromatic rings. The fourth-order valence-electron chi connectivity index (χ4n) is 5.40. The number of pyridine rings is 1. The van der Waals surface area contributed by atoms with Gasteiger partial charge < -0.3 is 19.1 Å². The number of halogens is 1. The third-order valence-electron chi connectivity index (χ3n) is 7.03. The van der Waals surface area contributed by atoms with Gasteiger partial charge in [0.15, 0.2) is 0 Å². The molecule has 3 heterocycles. The van der Waals surface area contributed by atoms with Crippen molar-refractivity contribution in [3.05, 3.63) is 54.0 Å². The van der Waals surface area contributed by atoms with Gasteiger partial charge in [0, 0.05) is 36.5 Å². The lowest BCUT2D eigenvalue weighted by atomic mass is 9.54. The molecule has 3 fully saturated rings. The van der Waals surface area contributed by atoms with Crippen LogP contribution in [0.2, 0.25) is 0 Å². The van der Waals surface area contributed by atoms with Crippen molar-refractivity contribution in [1.82, 2.24) is 9.88 Å². The van der Waals surface area contributed by atoms with Crippen LogP contribution in [0.3, 0.4) is 0 Å². The van der Waals surface area contributed by atoms with E-state index in [1.807, 2.05) is 26.8 Å². The van der Waals surface area contributed by atoms with Crippen LogP contribution in [0.15, 0.2) is 53.2 Å². The number of rotatable bonds is 3. The van der Waals surface area contributed by atoms with Crippen LogP contribution >= 0.6 is 0 Å².